The molecule has 1 aromatic rings. The topological polar surface area (TPSA) is 70.5 Å². The van der Waals surface area contributed by atoms with Crippen LogP contribution in [0, 0.1) is 0 Å². The molecule has 0 amide bonds. The molecule has 78 valence electrons. The summed E-state index contributed by atoms with van der Waals surface area (Å²) in [7, 11) is 0. The van der Waals surface area contributed by atoms with Crippen LogP contribution in [-0.4, -0.2) is 13.2 Å². The Bertz CT molecular complexity index is 314. The van der Waals surface area contributed by atoms with Gasteiger partial charge in [-0.3, -0.25) is 11.0 Å². The number of ether oxygens (including phenoxy) is 1. The summed E-state index contributed by atoms with van der Waals surface area (Å²) >= 11 is 4.70. The Balaban J connectivity index is 2.20. The number of para-hydroxylation sites is 1. The van der Waals surface area contributed by atoms with Crippen molar-refractivity contribution in [1.29, 1.82) is 0 Å². The van der Waals surface area contributed by atoms with Crippen molar-refractivity contribution in [3.63, 3.8) is 0 Å². The summed E-state index contributed by atoms with van der Waals surface area (Å²) in [6, 6.07) is 9.43. The van der Waals surface area contributed by atoms with Crippen LogP contribution in [0.5, 0.6) is 5.75 Å². The fourth-order valence-corrected chi connectivity index (χ4v) is 1.44. The highest BCUT2D eigenvalue weighted by Crippen LogP contribution is 2.26. The van der Waals surface area contributed by atoms with Crippen LogP contribution >= 0.6 is 6.57 Å². The van der Waals surface area contributed by atoms with Crippen LogP contribution in [0.3, 0.4) is 0 Å². The van der Waals surface area contributed by atoms with Gasteiger partial charge >= 0.3 is 0 Å². The maximum Gasteiger partial charge on any atom is 0.192 e. The van der Waals surface area contributed by atoms with Crippen molar-refractivity contribution in [3.8, 4) is 5.75 Å². The van der Waals surface area contributed by atoms with Crippen LogP contribution in [0.2, 0.25) is 0 Å². The van der Waals surface area contributed by atoms with Crippen molar-refractivity contribution >= 4 is 18.4 Å². The highest BCUT2D eigenvalue weighted by Gasteiger charge is 2.02. The molecule has 0 aromatic heterocycles. The fourth-order valence-electron chi connectivity index (χ4n) is 0.856. The first kappa shape index (κ1) is 11.6. The predicted octanol–water partition coefficient (Wildman–Crippen LogP) is 1.22. The normalized spacial score (nSPS) is 11.3. The van der Waals surface area contributed by atoms with E-state index in [1.54, 1.807) is 0 Å². The number of hydrogen-bond acceptors (Lipinski definition) is 3. The van der Waals surface area contributed by atoms with Gasteiger partial charge in [-0.25, -0.2) is 0 Å². The van der Waals surface area contributed by atoms with E-state index in [4.69, 9.17) is 32.1 Å². The summed E-state index contributed by atoms with van der Waals surface area (Å²) in [4.78, 5) is 0. The Hall–Kier alpha value is -0.450. The summed E-state index contributed by atoms with van der Waals surface area (Å²) in [5.74, 6) is 0.790. The largest absolute Gasteiger partial charge is 0.491 e. The Kier molecular flexibility index (Phi) is 4.51. The molecule has 0 fully saturated rings. The Labute approximate surface area is 88.4 Å². The van der Waals surface area contributed by atoms with Crippen LogP contribution in [0.4, 0.5) is 0 Å². The maximum absolute atomic E-state index is 5.34. The average Bonchev–Trinajstić information content (AvgIpc) is 2.13. The quantitative estimate of drug-likeness (QED) is 0.590. The zero-order chi connectivity index (χ0) is 10.4. The predicted molar refractivity (Wildman–Crippen MR) is 60.5 cm³/mol. The van der Waals surface area contributed by atoms with Gasteiger partial charge in [0.15, 0.2) is 6.57 Å². The van der Waals surface area contributed by atoms with E-state index < -0.39 is 6.57 Å². The summed E-state index contributed by atoms with van der Waals surface area (Å²) in [5, 5.41) is 0. The highest BCUT2D eigenvalue weighted by molar-refractivity contribution is 8.10. The van der Waals surface area contributed by atoms with Crippen LogP contribution < -0.4 is 15.7 Å². The van der Waals surface area contributed by atoms with Crippen LogP contribution in [0.1, 0.15) is 0 Å². The van der Waals surface area contributed by atoms with Crippen molar-refractivity contribution in [3.05, 3.63) is 30.3 Å². The molecule has 1 rings (SSSR count). The number of rotatable bonds is 5. The number of hydrogen-bond donors (Lipinski definition) is 2. The lowest BCUT2D eigenvalue weighted by atomic mass is 10.3. The summed E-state index contributed by atoms with van der Waals surface area (Å²) in [6.45, 7) is -1.82. The smallest absolute Gasteiger partial charge is 0.192 e. The lowest BCUT2D eigenvalue weighted by Crippen LogP contribution is -2.12. The second-order valence-electron chi connectivity index (χ2n) is 2.64. The van der Waals surface area contributed by atoms with Crippen LogP contribution in [-0.2, 0) is 16.3 Å². The summed E-state index contributed by atoms with van der Waals surface area (Å²) in [6.07, 6.45) is 0. The van der Waals surface area contributed by atoms with Gasteiger partial charge in [-0.15, -0.1) is 0 Å². The minimum absolute atomic E-state index is 0.319. The molecule has 0 saturated carbocycles. The van der Waals surface area contributed by atoms with E-state index in [1.165, 1.54) is 0 Å². The average molecular weight is 232 g/mol. The molecule has 0 aliphatic carbocycles. The fraction of sp³-hybridized carbons (Fsp3) is 0.250. The molecular weight excluding hydrogens is 219 g/mol. The Morgan fingerprint density at radius 2 is 1.79 bits per heavy atom. The van der Waals surface area contributed by atoms with Gasteiger partial charge in [0, 0.05) is 0 Å². The molecule has 0 aliphatic heterocycles. The highest BCUT2D eigenvalue weighted by atomic mass is 32.4. The third kappa shape index (κ3) is 5.32. The molecule has 4 nitrogen and oxygen atoms in total. The molecule has 6 heteroatoms. The number of nitrogens with two attached hydrogens (primary N) is 2. The molecule has 4 N–H and O–H groups in total. The first-order valence-electron chi connectivity index (χ1n) is 4.07. The van der Waals surface area contributed by atoms with E-state index in [1.807, 2.05) is 30.3 Å². The van der Waals surface area contributed by atoms with Gasteiger partial charge in [0.25, 0.3) is 0 Å². The minimum Gasteiger partial charge on any atom is -0.491 e. The van der Waals surface area contributed by atoms with E-state index >= 15 is 0 Å². The lowest BCUT2D eigenvalue weighted by Gasteiger charge is -2.11. The Morgan fingerprint density at radius 1 is 1.14 bits per heavy atom. The molecule has 14 heavy (non-hydrogen) atoms. The summed E-state index contributed by atoms with van der Waals surface area (Å²) < 4.78 is 10.3. The molecule has 0 heterocycles. The van der Waals surface area contributed by atoms with Gasteiger partial charge in [-0.1, -0.05) is 18.2 Å². The molecule has 1 aromatic carbocycles. The van der Waals surface area contributed by atoms with E-state index in [9.17, 15) is 0 Å². The third-order valence-electron chi connectivity index (χ3n) is 1.39. The first-order chi connectivity index (χ1) is 6.58. The van der Waals surface area contributed by atoms with Crippen LogP contribution in [0.15, 0.2) is 30.3 Å². The van der Waals surface area contributed by atoms with Gasteiger partial charge in [0.05, 0.1) is 6.61 Å². The standard InChI is InChI=1S/C8H13N2O2PS/c9-13(10,14)12-7-6-11-8-4-2-1-3-5-8/h1-5H,6-7H2,(H4,9,10,14). The molecule has 0 aliphatic rings. The minimum atomic E-state index is -2.53. The van der Waals surface area contributed by atoms with Crippen molar-refractivity contribution in [2.45, 2.75) is 0 Å². The van der Waals surface area contributed by atoms with Gasteiger partial charge in [0.2, 0.25) is 0 Å². The second kappa shape index (κ2) is 5.44. The SMILES string of the molecule is NP(N)(=S)OCCOc1ccccc1. The maximum atomic E-state index is 5.34. The summed E-state index contributed by atoms with van der Waals surface area (Å²) in [5.41, 5.74) is 10.7. The van der Waals surface area contributed by atoms with Gasteiger partial charge in [-0.05, 0) is 23.9 Å². The molecule has 0 atom stereocenters. The van der Waals surface area contributed by atoms with E-state index in [-0.39, 0.29) is 0 Å². The van der Waals surface area contributed by atoms with Crippen molar-refractivity contribution in [2.75, 3.05) is 13.2 Å². The number of benzene rings is 1. The molecule has 0 spiro atoms. The first-order valence-corrected chi connectivity index (χ1v) is 6.93. The van der Waals surface area contributed by atoms with Crippen molar-refractivity contribution < 1.29 is 9.26 Å². The zero-order valence-corrected chi connectivity index (χ0v) is 9.34. The van der Waals surface area contributed by atoms with E-state index in [2.05, 4.69) is 0 Å². The molecule has 0 radical (unpaired) electrons. The molecular formula is C8H13N2O2PS. The van der Waals surface area contributed by atoms with Crippen molar-refractivity contribution in [2.24, 2.45) is 11.0 Å². The lowest BCUT2D eigenvalue weighted by molar-refractivity contribution is 0.230. The monoisotopic (exact) mass is 232 g/mol. The van der Waals surface area contributed by atoms with E-state index in [0.29, 0.717) is 13.2 Å². The van der Waals surface area contributed by atoms with Gasteiger partial charge in [0.1, 0.15) is 12.4 Å². The molecule has 0 unspecified atom stereocenters. The van der Waals surface area contributed by atoms with Gasteiger partial charge in [-0.2, -0.15) is 0 Å². The second-order valence-corrected chi connectivity index (χ2v) is 5.90. The third-order valence-corrected chi connectivity index (χ3v) is 2.29. The van der Waals surface area contributed by atoms with Gasteiger partial charge < -0.3 is 9.26 Å². The molecule has 0 saturated heterocycles. The Morgan fingerprint density at radius 3 is 2.36 bits per heavy atom. The zero-order valence-electron chi connectivity index (χ0n) is 7.63. The van der Waals surface area contributed by atoms with Crippen LogP contribution in [0.25, 0.3) is 0 Å². The van der Waals surface area contributed by atoms with Crippen molar-refractivity contribution in [1.82, 2.24) is 0 Å². The van der Waals surface area contributed by atoms with E-state index in [0.717, 1.165) is 5.75 Å². The molecule has 0 bridgehead atoms.